The summed E-state index contributed by atoms with van der Waals surface area (Å²) < 4.78 is 1.74. The number of nitrogens with one attached hydrogen (secondary N) is 1. The lowest BCUT2D eigenvalue weighted by Gasteiger charge is -2.00. The van der Waals surface area contributed by atoms with Gasteiger partial charge in [0.05, 0.1) is 11.4 Å². The number of hydrogen-bond donors (Lipinski definition) is 2. The largest absolute Gasteiger partial charge is 0.324 e. The monoisotopic (exact) mass is 189 g/mol. The van der Waals surface area contributed by atoms with E-state index in [4.69, 9.17) is 5.84 Å². The Labute approximate surface area is 81.5 Å². The lowest BCUT2D eigenvalue weighted by atomic mass is 10.2. The molecule has 2 heterocycles. The first kappa shape index (κ1) is 8.71. The fourth-order valence-corrected chi connectivity index (χ4v) is 1.21. The number of nitrogens with zero attached hydrogens (tertiary/aromatic N) is 3. The summed E-state index contributed by atoms with van der Waals surface area (Å²) in [6.07, 6.45) is 3.57. The Morgan fingerprint density at radius 3 is 2.86 bits per heavy atom. The molecule has 0 aliphatic rings. The summed E-state index contributed by atoms with van der Waals surface area (Å²) >= 11 is 0. The number of rotatable bonds is 2. The molecule has 0 unspecified atom stereocenters. The minimum Gasteiger partial charge on any atom is -0.324 e. The normalized spacial score (nSPS) is 10.1. The van der Waals surface area contributed by atoms with Crippen LogP contribution < -0.4 is 11.3 Å². The molecule has 72 valence electrons. The van der Waals surface area contributed by atoms with Crippen LogP contribution in [0.15, 0.2) is 30.6 Å². The Bertz CT molecular complexity index is 434. The minimum atomic E-state index is 0.807. The molecular weight excluding hydrogens is 178 g/mol. The lowest BCUT2D eigenvalue weighted by Crippen LogP contribution is -2.06. The van der Waals surface area contributed by atoms with E-state index in [1.165, 1.54) is 0 Å². The standard InChI is InChI=1S/C9H11N5/c1-14-5-3-8(13-14)9-6-7(12-10)2-4-11-9/h2-6H,10H2,1H3,(H,11,12). The van der Waals surface area contributed by atoms with Crippen LogP contribution in [0.25, 0.3) is 11.4 Å². The zero-order chi connectivity index (χ0) is 9.97. The molecule has 2 rings (SSSR count). The first-order chi connectivity index (χ1) is 6.79. The van der Waals surface area contributed by atoms with Gasteiger partial charge >= 0.3 is 0 Å². The van der Waals surface area contributed by atoms with E-state index >= 15 is 0 Å². The summed E-state index contributed by atoms with van der Waals surface area (Å²) in [6, 6.07) is 5.55. The van der Waals surface area contributed by atoms with Crippen LogP contribution in [0, 0.1) is 0 Å². The van der Waals surface area contributed by atoms with E-state index in [1.54, 1.807) is 16.9 Å². The first-order valence-corrected chi connectivity index (χ1v) is 4.22. The summed E-state index contributed by atoms with van der Waals surface area (Å²) in [6.45, 7) is 0. The van der Waals surface area contributed by atoms with E-state index in [0.717, 1.165) is 17.1 Å². The topological polar surface area (TPSA) is 68.8 Å². The third-order valence-electron chi connectivity index (χ3n) is 1.90. The second-order valence-corrected chi connectivity index (χ2v) is 2.95. The molecule has 0 aromatic carbocycles. The maximum Gasteiger partial charge on any atom is 0.111 e. The van der Waals surface area contributed by atoms with Gasteiger partial charge in [-0.3, -0.25) is 15.5 Å². The van der Waals surface area contributed by atoms with Crippen molar-refractivity contribution in [3.63, 3.8) is 0 Å². The van der Waals surface area contributed by atoms with Crippen molar-refractivity contribution in [1.82, 2.24) is 14.8 Å². The number of nitrogen functional groups attached to an aromatic ring is 1. The smallest absolute Gasteiger partial charge is 0.111 e. The number of hydrazine groups is 1. The minimum absolute atomic E-state index is 0.807. The molecule has 0 atom stereocenters. The number of anilines is 1. The number of hydrogen-bond acceptors (Lipinski definition) is 4. The van der Waals surface area contributed by atoms with Gasteiger partial charge < -0.3 is 5.43 Å². The van der Waals surface area contributed by atoms with E-state index in [2.05, 4.69) is 15.5 Å². The molecule has 0 fully saturated rings. The molecular formula is C9H11N5. The molecule has 0 radical (unpaired) electrons. The van der Waals surface area contributed by atoms with E-state index in [-0.39, 0.29) is 0 Å². The lowest BCUT2D eigenvalue weighted by molar-refractivity contribution is 0.770. The summed E-state index contributed by atoms with van der Waals surface area (Å²) in [5.41, 5.74) is 5.03. The van der Waals surface area contributed by atoms with Crippen molar-refractivity contribution in [2.45, 2.75) is 0 Å². The van der Waals surface area contributed by atoms with Crippen LogP contribution >= 0.6 is 0 Å². The Kier molecular flexibility index (Phi) is 2.16. The van der Waals surface area contributed by atoms with E-state index < -0.39 is 0 Å². The first-order valence-electron chi connectivity index (χ1n) is 4.22. The molecule has 5 nitrogen and oxygen atoms in total. The predicted molar refractivity (Wildman–Crippen MR) is 54.2 cm³/mol. The maximum absolute atomic E-state index is 5.30. The average Bonchev–Trinajstić information content (AvgIpc) is 2.65. The van der Waals surface area contributed by atoms with Crippen molar-refractivity contribution in [3.05, 3.63) is 30.6 Å². The second kappa shape index (κ2) is 3.47. The predicted octanol–water partition coefficient (Wildman–Crippen LogP) is 0.768. The summed E-state index contributed by atoms with van der Waals surface area (Å²) in [4.78, 5) is 4.20. The maximum atomic E-state index is 5.30. The van der Waals surface area contributed by atoms with Crippen LogP contribution in [-0.2, 0) is 7.05 Å². The molecule has 0 amide bonds. The van der Waals surface area contributed by atoms with Crippen molar-refractivity contribution < 1.29 is 0 Å². The van der Waals surface area contributed by atoms with Gasteiger partial charge in [-0.1, -0.05) is 0 Å². The average molecular weight is 189 g/mol. The van der Waals surface area contributed by atoms with Gasteiger partial charge in [0.15, 0.2) is 0 Å². The number of aryl methyl sites for hydroxylation is 1. The van der Waals surface area contributed by atoms with Gasteiger partial charge in [0.25, 0.3) is 0 Å². The van der Waals surface area contributed by atoms with Crippen LogP contribution in [0.4, 0.5) is 5.69 Å². The highest BCUT2D eigenvalue weighted by Crippen LogP contribution is 2.16. The van der Waals surface area contributed by atoms with Crippen LogP contribution in [0.5, 0.6) is 0 Å². The Hall–Kier alpha value is -1.88. The Morgan fingerprint density at radius 2 is 2.21 bits per heavy atom. The summed E-state index contributed by atoms with van der Waals surface area (Å²) in [5.74, 6) is 5.30. The van der Waals surface area contributed by atoms with E-state index in [0.29, 0.717) is 0 Å². The van der Waals surface area contributed by atoms with Gasteiger partial charge in [0.2, 0.25) is 0 Å². The van der Waals surface area contributed by atoms with Crippen LogP contribution in [0.2, 0.25) is 0 Å². The zero-order valence-corrected chi connectivity index (χ0v) is 7.81. The van der Waals surface area contributed by atoms with Gasteiger partial charge in [0.1, 0.15) is 5.69 Å². The highest BCUT2D eigenvalue weighted by molar-refractivity contribution is 5.59. The molecule has 0 saturated heterocycles. The van der Waals surface area contributed by atoms with Crippen LogP contribution in [-0.4, -0.2) is 14.8 Å². The van der Waals surface area contributed by atoms with Gasteiger partial charge in [-0.15, -0.1) is 0 Å². The number of nitrogens with two attached hydrogens (primary N) is 1. The quantitative estimate of drug-likeness (QED) is 0.540. The summed E-state index contributed by atoms with van der Waals surface area (Å²) in [7, 11) is 1.87. The molecule has 0 aliphatic carbocycles. The van der Waals surface area contributed by atoms with Gasteiger partial charge in [-0.25, -0.2) is 0 Å². The molecule has 3 N–H and O–H groups in total. The molecule has 0 spiro atoms. The zero-order valence-electron chi connectivity index (χ0n) is 7.81. The van der Waals surface area contributed by atoms with Crippen molar-refractivity contribution in [3.8, 4) is 11.4 Å². The fraction of sp³-hybridized carbons (Fsp3) is 0.111. The molecule has 14 heavy (non-hydrogen) atoms. The van der Waals surface area contributed by atoms with Gasteiger partial charge in [-0.05, 0) is 18.2 Å². The van der Waals surface area contributed by atoms with Gasteiger partial charge in [-0.2, -0.15) is 5.10 Å². The molecule has 0 aliphatic heterocycles. The van der Waals surface area contributed by atoms with Gasteiger partial charge in [0, 0.05) is 19.4 Å². The van der Waals surface area contributed by atoms with Crippen molar-refractivity contribution in [2.24, 2.45) is 12.9 Å². The molecule has 2 aromatic heterocycles. The van der Waals surface area contributed by atoms with Crippen LogP contribution in [0.1, 0.15) is 0 Å². The third kappa shape index (κ3) is 1.57. The highest BCUT2D eigenvalue weighted by Gasteiger charge is 2.02. The molecule has 0 saturated carbocycles. The van der Waals surface area contributed by atoms with Crippen LogP contribution in [0.3, 0.4) is 0 Å². The molecule has 0 bridgehead atoms. The highest BCUT2D eigenvalue weighted by atomic mass is 15.3. The number of pyridine rings is 1. The summed E-state index contributed by atoms with van der Waals surface area (Å²) in [5, 5.41) is 4.24. The van der Waals surface area contributed by atoms with Crippen molar-refractivity contribution >= 4 is 5.69 Å². The fourth-order valence-electron chi connectivity index (χ4n) is 1.21. The Balaban J connectivity index is 2.41. The van der Waals surface area contributed by atoms with E-state index in [1.807, 2.05) is 25.4 Å². The van der Waals surface area contributed by atoms with E-state index in [9.17, 15) is 0 Å². The third-order valence-corrected chi connectivity index (χ3v) is 1.90. The SMILES string of the molecule is Cn1ccc(-c2cc(NN)ccn2)n1. The molecule has 5 heteroatoms. The number of aromatic nitrogens is 3. The Morgan fingerprint density at radius 1 is 1.36 bits per heavy atom. The second-order valence-electron chi connectivity index (χ2n) is 2.95. The molecule has 2 aromatic rings. The van der Waals surface area contributed by atoms with Crippen molar-refractivity contribution in [2.75, 3.05) is 5.43 Å². The van der Waals surface area contributed by atoms with Crippen molar-refractivity contribution in [1.29, 1.82) is 0 Å².